The number of amides is 2. The van der Waals surface area contributed by atoms with E-state index in [0.29, 0.717) is 25.9 Å². The van der Waals surface area contributed by atoms with Gasteiger partial charge in [-0.1, -0.05) is 30.3 Å². The standard InChI is InChI=1S/C22H30N2O4/c1-2-6-17(22(28)23-10-5-9-19(23)14-25)12-21(27)24-13-18-8-4-3-7-16(18)11-20(24)15-26/h2-4,7-8,17,19-20,25-26H,1,5-6,9-15H2. The molecule has 1 saturated heterocycles. The second kappa shape index (κ2) is 9.34. The van der Waals surface area contributed by atoms with Crippen LogP contribution in [0.3, 0.4) is 0 Å². The maximum Gasteiger partial charge on any atom is 0.226 e. The normalized spacial score (nSPS) is 22.6. The summed E-state index contributed by atoms with van der Waals surface area (Å²) < 4.78 is 0. The molecular formula is C22H30N2O4. The molecule has 1 aromatic carbocycles. The number of rotatable bonds is 7. The van der Waals surface area contributed by atoms with Crippen molar-refractivity contribution in [3.63, 3.8) is 0 Å². The van der Waals surface area contributed by atoms with E-state index in [9.17, 15) is 19.8 Å². The molecule has 1 fully saturated rings. The van der Waals surface area contributed by atoms with E-state index in [1.165, 1.54) is 0 Å². The van der Waals surface area contributed by atoms with Gasteiger partial charge in [0.1, 0.15) is 0 Å². The van der Waals surface area contributed by atoms with E-state index in [1.54, 1.807) is 15.9 Å². The number of carbonyl (C=O) groups excluding carboxylic acids is 2. The van der Waals surface area contributed by atoms with Crippen LogP contribution in [0, 0.1) is 5.92 Å². The molecule has 2 heterocycles. The molecular weight excluding hydrogens is 356 g/mol. The number of hydrogen-bond donors (Lipinski definition) is 2. The summed E-state index contributed by atoms with van der Waals surface area (Å²) in [5.74, 6) is -0.676. The molecule has 1 aromatic rings. The summed E-state index contributed by atoms with van der Waals surface area (Å²) in [5.41, 5.74) is 2.25. The molecule has 2 N–H and O–H groups in total. The van der Waals surface area contributed by atoms with Crippen LogP contribution < -0.4 is 0 Å². The predicted molar refractivity (Wildman–Crippen MR) is 106 cm³/mol. The van der Waals surface area contributed by atoms with Crippen LogP contribution in [-0.2, 0) is 22.6 Å². The van der Waals surface area contributed by atoms with Gasteiger partial charge in [0, 0.05) is 19.5 Å². The lowest BCUT2D eigenvalue weighted by atomic mass is 9.92. The van der Waals surface area contributed by atoms with Crippen molar-refractivity contribution < 1.29 is 19.8 Å². The largest absolute Gasteiger partial charge is 0.394 e. The summed E-state index contributed by atoms with van der Waals surface area (Å²) in [6, 6.07) is 7.54. The molecule has 3 atom stereocenters. The lowest BCUT2D eigenvalue weighted by Gasteiger charge is -2.37. The molecule has 0 aromatic heterocycles. The highest BCUT2D eigenvalue weighted by Gasteiger charge is 2.36. The minimum atomic E-state index is -0.478. The topological polar surface area (TPSA) is 81.1 Å². The van der Waals surface area contributed by atoms with Gasteiger partial charge < -0.3 is 20.0 Å². The molecule has 3 unspecified atom stereocenters. The minimum absolute atomic E-state index is 0.0456. The Morgan fingerprint density at radius 2 is 1.86 bits per heavy atom. The van der Waals surface area contributed by atoms with Gasteiger partial charge in [-0.25, -0.2) is 0 Å². The Labute approximate surface area is 166 Å². The average Bonchev–Trinajstić information content (AvgIpc) is 3.20. The van der Waals surface area contributed by atoms with E-state index in [2.05, 4.69) is 6.58 Å². The fourth-order valence-corrected chi connectivity index (χ4v) is 4.39. The minimum Gasteiger partial charge on any atom is -0.394 e. The lowest BCUT2D eigenvalue weighted by molar-refractivity contribution is -0.144. The van der Waals surface area contributed by atoms with Crippen LogP contribution in [0.4, 0.5) is 0 Å². The summed E-state index contributed by atoms with van der Waals surface area (Å²) in [6.07, 6.45) is 4.49. The molecule has 0 aliphatic carbocycles. The monoisotopic (exact) mass is 386 g/mol. The molecule has 0 radical (unpaired) electrons. The number of carbonyl (C=O) groups is 2. The molecule has 2 aliphatic heterocycles. The molecule has 3 rings (SSSR count). The first-order chi connectivity index (χ1) is 13.6. The van der Waals surface area contributed by atoms with Crippen LogP contribution in [0.15, 0.2) is 36.9 Å². The van der Waals surface area contributed by atoms with E-state index in [0.717, 1.165) is 24.0 Å². The maximum absolute atomic E-state index is 13.1. The number of likely N-dealkylation sites (tertiary alicyclic amines) is 1. The highest BCUT2D eigenvalue weighted by Crippen LogP contribution is 2.27. The zero-order valence-electron chi connectivity index (χ0n) is 16.3. The third kappa shape index (κ3) is 4.28. The van der Waals surface area contributed by atoms with E-state index >= 15 is 0 Å². The van der Waals surface area contributed by atoms with Crippen molar-refractivity contribution in [2.75, 3.05) is 19.8 Å². The number of fused-ring (bicyclic) bond motifs is 1. The number of aliphatic hydroxyl groups is 2. The van der Waals surface area contributed by atoms with Gasteiger partial charge in [-0.15, -0.1) is 6.58 Å². The Kier molecular flexibility index (Phi) is 6.86. The van der Waals surface area contributed by atoms with E-state index in [1.807, 2.05) is 24.3 Å². The fourth-order valence-electron chi connectivity index (χ4n) is 4.39. The molecule has 0 bridgehead atoms. The van der Waals surface area contributed by atoms with Gasteiger partial charge in [0.15, 0.2) is 0 Å². The number of nitrogens with zero attached hydrogens (tertiary/aromatic N) is 2. The fraction of sp³-hybridized carbons (Fsp3) is 0.545. The molecule has 6 nitrogen and oxygen atoms in total. The molecule has 2 aliphatic rings. The third-order valence-corrected chi connectivity index (χ3v) is 5.98. The third-order valence-electron chi connectivity index (χ3n) is 5.98. The average molecular weight is 386 g/mol. The van der Waals surface area contributed by atoms with Crippen molar-refractivity contribution in [2.45, 2.75) is 50.7 Å². The zero-order chi connectivity index (χ0) is 20.1. The van der Waals surface area contributed by atoms with Crippen LogP contribution in [-0.4, -0.2) is 63.7 Å². The Hall–Kier alpha value is -2.18. The summed E-state index contributed by atoms with van der Waals surface area (Å²) in [7, 11) is 0. The first kappa shape index (κ1) is 20.6. The number of benzene rings is 1. The number of hydrogen-bond acceptors (Lipinski definition) is 4. The quantitative estimate of drug-likeness (QED) is 0.696. The Bertz CT molecular complexity index is 720. The van der Waals surface area contributed by atoms with Crippen molar-refractivity contribution in [1.82, 2.24) is 9.80 Å². The highest BCUT2D eigenvalue weighted by atomic mass is 16.3. The van der Waals surface area contributed by atoms with Crippen molar-refractivity contribution in [3.8, 4) is 0 Å². The summed E-state index contributed by atoms with van der Waals surface area (Å²) in [4.78, 5) is 29.5. The van der Waals surface area contributed by atoms with Gasteiger partial charge in [-0.3, -0.25) is 9.59 Å². The van der Waals surface area contributed by atoms with E-state index in [-0.39, 0.29) is 43.5 Å². The van der Waals surface area contributed by atoms with Gasteiger partial charge in [0.05, 0.1) is 31.2 Å². The summed E-state index contributed by atoms with van der Waals surface area (Å²) in [5, 5.41) is 19.3. The SMILES string of the molecule is C=CCC(CC(=O)N1Cc2ccccc2CC1CO)C(=O)N1CCCC1CO. The van der Waals surface area contributed by atoms with Gasteiger partial charge in [0.25, 0.3) is 0 Å². The highest BCUT2D eigenvalue weighted by molar-refractivity contribution is 5.86. The smallest absolute Gasteiger partial charge is 0.226 e. The van der Waals surface area contributed by atoms with Gasteiger partial charge in [0.2, 0.25) is 11.8 Å². The predicted octanol–water partition coefficient (Wildman–Crippen LogP) is 1.50. The summed E-state index contributed by atoms with van der Waals surface area (Å²) in [6.45, 7) is 4.68. The van der Waals surface area contributed by atoms with Crippen molar-refractivity contribution in [1.29, 1.82) is 0 Å². The Morgan fingerprint density at radius 3 is 2.54 bits per heavy atom. The first-order valence-electron chi connectivity index (χ1n) is 10.1. The zero-order valence-corrected chi connectivity index (χ0v) is 16.3. The van der Waals surface area contributed by atoms with Crippen LogP contribution in [0.5, 0.6) is 0 Å². The number of allylic oxidation sites excluding steroid dienone is 1. The van der Waals surface area contributed by atoms with Crippen LogP contribution in [0.2, 0.25) is 0 Å². The lowest BCUT2D eigenvalue weighted by Crippen LogP contribution is -2.48. The molecule has 152 valence electrons. The molecule has 2 amide bonds. The Balaban J connectivity index is 1.73. The molecule has 0 saturated carbocycles. The van der Waals surface area contributed by atoms with Crippen LogP contribution in [0.25, 0.3) is 0 Å². The summed E-state index contributed by atoms with van der Waals surface area (Å²) >= 11 is 0. The molecule has 6 heteroatoms. The van der Waals surface area contributed by atoms with Crippen molar-refractivity contribution in [3.05, 3.63) is 48.0 Å². The van der Waals surface area contributed by atoms with E-state index < -0.39 is 5.92 Å². The number of aliphatic hydroxyl groups excluding tert-OH is 2. The van der Waals surface area contributed by atoms with Crippen LogP contribution >= 0.6 is 0 Å². The van der Waals surface area contributed by atoms with Crippen LogP contribution in [0.1, 0.15) is 36.8 Å². The van der Waals surface area contributed by atoms with Crippen molar-refractivity contribution >= 4 is 11.8 Å². The second-order valence-corrected chi connectivity index (χ2v) is 7.77. The first-order valence-corrected chi connectivity index (χ1v) is 10.1. The Morgan fingerprint density at radius 1 is 1.14 bits per heavy atom. The van der Waals surface area contributed by atoms with Crippen molar-refractivity contribution in [2.24, 2.45) is 5.92 Å². The maximum atomic E-state index is 13.1. The molecule has 28 heavy (non-hydrogen) atoms. The van der Waals surface area contributed by atoms with E-state index in [4.69, 9.17) is 0 Å². The molecule has 0 spiro atoms. The van der Waals surface area contributed by atoms with Gasteiger partial charge in [-0.05, 0) is 36.8 Å². The van der Waals surface area contributed by atoms with Gasteiger partial charge in [-0.2, -0.15) is 0 Å². The second-order valence-electron chi connectivity index (χ2n) is 7.77. The van der Waals surface area contributed by atoms with Gasteiger partial charge >= 0.3 is 0 Å².